The van der Waals surface area contributed by atoms with Gasteiger partial charge in [-0.3, -0.25) is 14.9 Å². The Hall–Kier alpha value is -3.35. The van der Waals surface area contributed by atoms with Gasteiger partial charge in [-0.1, -0.05) is 18.2 Å². The molecular weight excluding hydrogens is 358 g/mol. The molecule has 1 heterocycles. The van der Waals surface area contributed by atoms with Crippen LogP contribution in [-0.2, 0) is 4.79 Å². The van der Waals surface area contributed by atoms with Crippen molar-refractivity contribution in [3.8, 4) is 5.75 Å². The van der Waals surface area contributed by atoms with E-state index in [1.165, 1.54) is 18.2 Å². The average molecular weight is 381 g/mol. The molecule has 0 aromatic heterocycles. The van der Waals surface area contributed by atoms with Crippen LogP contribution < -0.4 is 9.64 Å². The molecule has 1 unspecified atom stereocenters. The van der Waals surface area contributed by atoms with Crippen molar-refractivity contribution in [2.45, 2.75) is 13.0 Å². The van der Waals surface area contributed by atoms with Crippen LogP contribution in [0.2, 0.25) is 0 Å². The maximum atomic E-state index is 12.6. The molecule has 1 aliphatic rings. The number of methoxy groups -OCH3 is 1. The van der Waals surface area contributed by atoms with Crippen LogP contribution in [-0.4, -0.2) is 48.5 Å². The quantitative estimate of drug-likeness (QED) is 0.451. The lowest BCUT2D eigenvalue weighted by molar-refractivity contribution is -0.385. The van der Waals surface area contributed by atoms with Crippen LogP contribution in [0.5, 0.6) is 5.75 Å². The standard InChI is InChI=1S/C21H23N3O4/c1-16-15-22(12-13-23(16)18-7-5-8-19(14-18)28-2)21(25)11-10-17-6-3-4-9-20(17)24(26)27/h3-11,14,16H,12-13,15H2,1-2H3. The Morgan fingerprint density at radius 1 is 1.21 bits per heavy atom. The fourth-order valence-corrected chi connectivity index (χ4v) is 3.39. The smallest absolute Gasteiger partial charge is 0.276 e. The maximum Gasteiger partial charge on any atom is 0.276 e. The molecule has 2 aromatic rings. The Kier molecular flexibility index (Phi) is 5.93. The number of para-hydroxylation sites is 1. The predicted octanol–water partition coefficient (Wildman–Crippen LogP) is 3.35. The summed E-state index contributed by atoms with van der Waals surface area (Å²) in [5.41, 5.74) is 1.47. The van der Waals surface area contributed by atoms with E-state index in [2.05, 4.69) is 11.8 Å². The normalized spacial score (nSPS) is 17.0. The molecule has 0 saturated carbocycles. The summed E-state index contributed by atoms with van der Waals surface area (Å²) in [7, 11) is 1.64. The Bertz CT molecular complexity index is 897. The van der Waals surface area contributed by atoms with E-state index in [0.29, 0.717) is 25.2 Å². The molecule has 1 atom stereocenters. The molecule has 2 aromatic carbocycles. The number of benzene rings is 2. The number of nitrogens with zero attached hydrogens (tertiary/aromatic N) is 3. The van der Waals surface area contributed by atoms with Gasteiger partial charge in [0, 0.05) is 49.6 Å². The van der Waals surface area contributed by atoms with Crippen LogP contribution in [0.3, 0.4) is 0 Å². The minimum absolute atomic E-state index is 0.0113. The second-order valence-corrected chi connectivity index (χ2v) is 6.68. The van der Waals surface area contributed by atoms with E-state index in [0.717, 1.165) is 11.4 Å². The second-order valence-electron chi connectivity index (χ2n) is 6.68. The first-order chi connectivity index (χ1) is 13.5. The van der Waals surface area contributed by atoms with Crippen molar-refractivity contribution in [2.24, 2.45) is 0 Å². The number of hydrogen-bond donors (Lipinski definition) is 0. The second kappa shape index (κ2) is 8.56. The summed E-state index contributed by atoms with van der Waals surface area (Å²) in [5.74, 6) is 0.658. The zero-order valence-corrected chi connectivity index (χ0v) is 15.9. The zero-order valence-electron chi connectivity index (χ0n) is 15.9. The molecule has 0 radical (unpaired) electrons. The molecule has 0 bridgehead atoms. The SMILES string of the molecule is COc1cccc(N2CCN(C(=O)C=Cc3ccccc3[N+](=O)[O-])CC2C)c1. The van der Waals surface area contributed by atoms with Gasteiger partial charge in [0.1, 0.15) is 5.75 Å². The first-order valence-electron chi connectivity index (χ1n) is 9.10. The summed E-state index contributed by atoms with van der Waals surface area (Å²) in [4.78, 5) is 27.2. The summed E-state index contributed by atoms with van der Waals surface area (Å²) in [6.07, 6.45) is 2.93. The number of hydrogen-bond acceptors (Lipinski definition) is 5. The van der Waals surface area contributed by atoms with Crippen LogP contribution in [0, 0.1) is 10.1 Å². The van der Waals surface area contributed by atoms with Crippen molar-refractivity contribution in [3.05, 3.63) is 70.3 Å². The number of nitro groups is 1. The minimum atomic E-state index is -0.445. The largest absolute Gasteiger partial charge is 0.497 e. The van der Waals surface area contributed by atoms with Crippen molar-refractivity contribution >= 4 is 23.4 Å². The molecule has 0 spiro atoms. The summed E-state index contributed by atoms with van der Waals surface area (Å²) in [5, 5.41) is 11.1. The van der Waals surface area contributed by atoms with Gasteiger partial charge in [-0.05, 0) is 31.2 Å². The number of nitro benzene ring substituents is 1. The van der Waals surface area contributed by atoms with Gasteiger partial charge in [-0.2, -0.15) is 0 Å². The summed E-state index contributed by atoms with van der Waals surface area (Å²) < 4.78 is 5.29. The number of carbonyl (C=O) groups is 1. The average Bonchev–Trinajstić information content (AvgIpc) is 2.72. The third-order valence-electron chi connectivity index (χ3n) is 4.86. The van der Waals surface area contributed by atoms with Gasteiger partial charge in [0.05, 0.1) is 17.6 Å². The molecule has 7 heteroatoms. The predicted molar refractivity (Wildman–Crippen MR) is 109 cm³/mol. The third-order valence-corrected chi connectivity index (χ3v) is 4.86. The number of piperazine rings is 1. The molecule has 146 valence electrons. The van der Waals surface area contributed by atoms with Crippen molar-refractivity contribution in [1.82, 2.24) is 4.90 Å². The monoisotopic (exact) mass is 381 g/mol. The van der Waals surface area contributed by atoms with E-state index in [1.54, 1.807) is 30.2 Å². The van der Waals surface area contributed by atoms with Crippen molar-refractivity contribution < 1.29 is 14.5 Å². The number of amides is 1. The topological polar surface area (TPSA) is 75.9 Å². The van der Waals surface area contributed by atoms with E-state index in [1.807, 2.05) is 24.3 Å². The molecule has 1 saturated heterocycles. The Morgan fingerprint density at radius 3 is 2.71 bits per heavy atom. The Morgan fingerprint density at radius 2 is 2.00 bits per heavy atom. The maximum absolute atomic E-state index is 12.6. The van der Waals surface area contributed by atoms with Gasteiger partial charge in [-0.15, -0.1) is 0 Å². The number of anilines is 1. The molecule has 0 aliphatic carbocycles. The molecule has 1 fully saturated rings. The number of rotatable bonds is 5. The highest BCUT2D eigenvalue weighted by atomic mass is 16.6. The molecule has 1 amide bonds. The molecular formula is C21H23N3O4. The lowest BCUT2D eigenvalue weighted by Gasteiger charge is -2.41. The fraction of sp³-hybridized carbons (Fsp3) is 0.286. The zero-order chi connectivity index (χ0) is 20.1. The third kappa shape index (κ3) is 4.31. The molecule has 28 heavy (non-hydrogen) atoms. The van der Waals surface area contributed by atoms with Crippen molar-refractivity contribution in [2.75, 3.05) is 31.6 Å². The van der Waals surface area contributed by atoms with Gasteiger partial charge in [0.25, 0.3) is 5.69 Å². The lowest BCUT2D eigenvalue weighted by atomic mass is 10.1. The lowest BCUT2D eigenvalue weighted by Crippen LogP contribution is -2.53. The highest BCUT2D eigenvalue weighted by Gasteiger charge is 2.26. The van der Waals surface area contributed by atoms with Crippen LogP contribution in [0.1, 0.15) is 12.5 Å². The first kappa shape index (κ1) is 19.4. The fourth-order valence-electron chi connectivity index (χ4n) is 3.39. The summed E-state index contributed by atoms with van der Waals surface area (Å²) in [6, 6.07) is 14.4. The van der Waals surface area contributed by atoms with E-state index >= 15 is 0 Å². The van der Waals surface area contributed by atoms with E-state index in [9.17, 15) is 14.9 Å². The highest BCUT2D eigenvalue weighted by Crippen LogP contribution is 2.25. The van der Waals surface area contributed by atoms with E-state index < -0.39 is 4.92 Å². The Balaban J connectivity index is 1.67. The van der Waals surface area contributed by atoms with Crippen LogP contribution in [0.4, 0.5) is 11.4 Å². The minimum Gasteiger partial charge on any atom is -0.497 e. The first-order valence-corrected chi connectivity index (χ1v) is 9.10. The van der Waals surface area contributed by atoms with Gasteiger partial charge in [-0.25, -0.2) is 0 Å². The molecule has 1 aliphatic heterocycles. The Labute approximate surface area is 164 Å². The van der Waals surface area contributed by atoms with Gasteiger partial charge >= 0.3 is 0 Å². The van der Waals surface area contributed by atoms with Crippen LogP contribution in [0.15, 0.2) is 54.6 Å². The molecule has 0 N–H and O–H groups in total. The van der Waals surface area contributed by atoms with E-state index in [-0.39, 0.29) is 17.6 Å². The summed E-state index contributed by atoms with van der Waals surface area (Å²) in [6.45, 7) is 3.95. The molecule has 3 rings (SSSR count). The van der Waals surface area contributed by atoms with Crippen molar-refractivity contribution in [1.29, 1.82) is 0 Å². The van der Waals surface area contributed by atoms with Gasteiger partial charge < -0.3 is 14.5 Å². The number of carbonyl (C=O) groups excluding carboxylic acids is 1. The molecule has 7 nitrogen and oxygen atoms in total. The summed E-state index contributed by atoms with van der Waals surface area (Å²) >= 11 is 0. The van der Waals surface area contributed by atoms with Gasteiger partial charge in [0.15, 0.2) is 0 Å². The highest BCUT2D eigenvalue weighted by molar-refractivity contribution is 5.92. The van der Waals surface area contributed by atoms with E-state index in [4.69, 9.17) is 4.74 Å². The van der Waals surface area contributed by atoms with Gasteiger partial charge in [0.2, 0.25) is 5.91 Å². The van der Waals surface area contributed by atoms with Crippen LogP contribution >= 0.6 is 0 Å². The van der Waals surface area contributed by atoms with Crippen LogP contribution in [0.25, 0.3) is 6.08 Å². The number of ether oxygens (including phenoxy) is 1. The van der Waals surface area contributed by atoms with Crippen molar-refractivity contribution in [3.63, 3.8) is 0 Å².